The zero-order chi connectivity index (χ0) is 14.3. The van der Waals surface area contributed by atoms with Gasteiger partial charge in [0, 0.05) is 19.1 Å². The van der Waals surface area contributed by atoms with E-state index < -0.39 is 5.41 Å². The molecule has 108 valence electrons. The predicted molar refractivity (Wildman–Crippen MR) is 76.5 cm³/mol. The molecule has 1 saturated carbocycles. The van der Waals surface area contributed by atoms with E-state index in [0.29, 0.717) is 12.6 Å². The van der Waals surface area contributed by atoms with Gasteiger partial charge in [-0.15, -0.1) is 0 Å². The van der Waals surface area contributed by atoms with Gasteiger partial charge in [0.15, 0.2) is 0 Å². The first-order valence-corrected chi connectivity index (χ1v) is 7.41. The van der Waals surface area contributed by atoms with Crippen LogP contribution in [0.15, 0.2) is 0 Å². The monoisotopic (exact) mass is 265 g/mol. The summed E-state index contributed by atoms with van der Waals surface area (Å²) in [6, 6.07) is 2.76. The van der Waals surface area contributed by atoms with Crippen molar-refractivity contribution in [3.05, 3.63) is 0 Å². The van der Waals surface area contributed by atoms with Crippen molar-refractivity contribution in [3.63, 3.8) is 0 Å². The van der Waals surface area contributed by atoms with Gasteiger partial charge in [-0.2, -0.15) is 5.26 Å². The van der Waals surface area contributed by atoms with Crippen LogP contribution in [0.25, 0.3) is 0 Å². The number of rotatable bonds is 5. The van der Waals surface area contributed by atoms with E-state index in [4.69, 9.17) is 0 Å². The van der Waals surface area contributed by atoms with Crippen LogP contribution in [0.1, 0.15) is 52.4 Å². The van der Waals surface area contributed by atoms with Gasteiger partial charge < -0.3 is 10.2 Å². The van der Waals surface area contributed by atoms with Crippen molar-refractivity contribution in [2.45, 2.75) is 58.4 Å². The van der Waals surface area contributed by atoms with Crippen LogP contribution in [0, 0.1) is 16.7 Å². The molecular weight excluding hydrogens is 238 g/mol. The maximum atomic E-state index is 12.3. The maximum Gasteiger partial charge on any atom is 0.240 e. The van der Waals surface area contributed by atoms with E-state index in [1.807, 2.05) is 7.05 Å². The molecule has 1 rings (SSSR count). The van der Waals surface area contributed by atoms with Crippen molar-refractivity contribution in [3.8, 4) is 6.07 Å². The lowest BCUT2D eigenvalue weighted by Crippen LogP contribution is -2.43. The Kier molecular flexibility index (Phi) is 6.30. The standard InChI is InChI=1S/C15H27N3O/c1-13(2)18(3)11-10-17-14(19)15(12-16)8-6-4-5-7-9-15/h13H,4-11H2,1-3H3,(H,17,19). The van der Waals surface area contributed by atoms with Gasteiger partial charge in [0.25, 0.3) is 0 Å². The van der Waals surface area contributed by atoms with Gasteiger partial charge in [-0.3, -0.25) is 4.79 Å². The third kappa shape index (κ3) is 4.50. The molecule has 0 bridgehead atoms. The van der Waals surface area contributed by atoms with Gasteiger partial charge in [-0.1, -0.05) is 25.7 Å². The number of amides is 1. The SMILES string of the molecule is CC(C)N(C)CCNC(=O)C1(C#N)CCCCCC1. The van der Waals surface area contributed by atoms with Crippen LogP contribution in [0.5, 0.6) is 0 Å². The Balaban J connectivity index is 2.48. The zero-order valence-corrected chi connectivity index (χ0v) is 12.5. The van der Waals surface area contributed by atoms with Crippen molar-refractivity contribution in [2.24, 2.45) is 5.41 Å². The smallest absolute Gasteiger partial charge is 0.240 e. The van der Waals surface area contributed by atoms with Crippen LogP contribution in [0.3, 0.4) is 0 Å². The van der Waals surface area contributed by atoms with Crippen molar-refractivity contribution in [1.82, 2.24) is 10.2 Å². The van der Waals surface area contributed by atoms with E-state index >= 15 is 0 Å². The van der Waals surface area contributed by atoms with Gasteiger partial charge in [0.05, 0.1) is 6.07 Å². The average Bonchev–Trinajstić information content (AvgIpc) is 2.64. The Hall–Kier alpha value is -1.08. The minimum absolute atomic E-state index is 0.0611. The van der Waals surface area contributed by atoms with Gasteiger partial charge in [-0.05, 0) is 33.7 Å². The molecule has 4 heteroatoms. The summed E-state index contributed by atoms with van der Waals surface area (Å²) in [5.74, 6) is -0.0611. The van der Waals surface area contributed by atoms with Crippen LogP contribution in [0.4, 0.5) is 0 Å². The Morgan fingerprint density at radius 1 is 1.32 bits per heavy atom. The molecule has 0 aromatic rings. The first kappa shape index (κ1) is 16.0. The lowest BCUT2D eigenvalue weighted by molar-refractivity contribution is -0.128. The summed E-state index contributed by atoms with van der Waals surface area (Å²) in [6.45, 7) is 5.70. The molecule has 0 aromatic carbocycles. The number of nitrogens with zero attached hydrogens (tertiary/aromatic N) is 2. The van der Waals surface area contributed by atoms with Gasteiger partial charge >= 0.3 is 0 Å². The Bertz CT molecular complexity index is 325. The second kappa shape index (κ2) is 7.49. The molecule has 0 radical (unpaired) electrons. The van der Waals surface area contributed by atoms with Crippen molar-refractivity contribution in [2.75, 3.05) is 20.1 Å². The van der Waals surface area contributed by atoms with E-state index in [0.717, 1.165) is 45.1 Å². The highest BCUT2D eigenvalue weighted by Gasteiger charge is 2.38. The molecule has 0 unspecified atom stereocenters. The van der Waals surface area contributed by atoms with E-state index in [9.17, 15) is 10.1 Å². The summed E-state index contributed by atoms with van der Waals surface area (Å²) in [6.07, 6.45) is 5.71. The predicted octanol–water partition coefficient (Wildman–Crippen LogP) is 2.31. The van der Waals surface area contributed by atoms with Crippen LogP contribution in [0.2, 0.25) is 0 Å². The van der Waals surface area contributed by atoms with Gasteiger partial charge in [0.1, 0.15) is 5.41 Å². The number of nitriles is 1. The molecule has 1 fully saturated rings. The largest absolute Gasteiger partial charge is 0.353 e. The Labute approximate surface area is 117 Å². The van der Waals surface area contributed by atoms with E-state index in [1.54, 1.807) is 0 Å². The Morgan fingerprint density at radius 2 is 1.89 bits per heavy atom. The summed E-state index contributed by atoms with van der Waals surface area (Å²) in [4.78, 5) is 14.5. The molecule has 0 heterocycles. The summed E-state index contributed by atoms with van der Waals surface area (Å²) >= 11 is 0. The molecule has 1 N–H and O–H groups in total. The molecule has 0 saturated heterocycles. The summed E-state index contributed by atoms with van der Waals surface area (Å²) in [7, 11) is 2.04. The lowest BCUT2D eigenvalue weighted by atomic mass is 9.81. The number of hydrogen-bond acceptors (Lipinski definition) is 3. The van der Waals surface area contributed by atoms with Gasteiger partial charge in [-0.25, -0.2) is 0 Å². The maximum absolute atomic E-state index is 12.3. The van der Waals surface area contributed by atoms with Crippen molar-refractivity contribution in [1.29, 1.82) is 5.26 Å². The molecule has 0 spiro atoms. The van der Waals surface area contributed by atoms with E-state index in [1.165, 1.54) is 0 Å². The second-order valence-electron chi connectivity index (χ2n) is 5.94. The van der Waals surface area contributed by atoms with Gasteiger partial charge in [0.2, 0.25) is 5.91 Å². The fourth-order valence-electron chi connectivity index (χ4n) is 2.49. The topological polar surface area (TPSA) is 56.1 Å². The molecule has 1 aliphatic carbocycles. The number of likely N-dealkylation sites (N-methyl/N-ethyl adjacent to an activating group) is 1. The fraction of sp³-hybridized carbons (Fsp3) is 0.867. The summed E-state index contributed by atoms with van der Waals surface area (Å²) < 4.78 is 0. The summed E-state index contributed by atoms with van der Waals surface area (Å²) in [5.41, 5.74) is -0.771. The van der Waals surface area contributed by atoms with E-state index in [2.05, 4.69) is 30.1 Å². The Morgan fingerprint density at radius 3 is 2.37 bits per heavy atom. The minimum Gasteiger partial charge on any atom is -0.353 e. The molecular formula is C15H27N3O. The third-order valence-corrected chi connectivity index (χ3v) is 4.24. The summed E-state index contributed by atoms with van der Waals surface area (Å²) in [5, 5.41) is 12.4. The average molecular weight is 265 g/mol. The number of hydrogen-bond donors (Lipinski definition) is 1. The molecule has 4 nitrogen and oxygen atoms in total. The first-order valence-electron chi connectivity index (χ1n) is 7.41. The fourth-order valence-corrected chi connectivity index (χ4v) is 2.49. The van der Waals surface area contributed by atoms with E-state index in [-0.39, 0.29) is 5.91 Å². The molecule has 0 atom stereocenters. The molecule has 1 amide bonds. The van der Waals surface area contributed by atoms with Crippen LogP contribution < -0.4 is 5.32 Å². The molecule has 0 aromatic heterocycles. The molecule has 0 aliphatic heterocycles. The highest BCUT2D eigenvalue weighted by molar-refractivity contribution is 5.85. The molecule has 19 heavy (non-hydrogen) atoms. The third-order valence-electron chi connectivity index (χ3n) is 4.24. The number of nitrogens with one attached hydrogen (secondary N) is 1. The quantitative estimate of drug-likeness (QED) is 0.776. The number of carbonyl (C=O) groups excluding carboxylic acids is 1. The highest BCUT2D eigenvalue weighted by Crippen LogP contribution is 2.34. The van der Waals surface area contributed by atoms with Crippen LogP contribution in [-0.2, 0) is 4.79 Å². The highest BCUT2D eigenvalue weighted by atomic mass is 16.2. The normalized spacial score (nSPS) is 18.9. The van der Waals surface area contributed by atoms with Crippen molar-refractivity contribution < 1.29 is 4.79 Å². The van der Waals surface area contributed by atoms with Crippen LogP contribution >= 0.6 is 0 Å². The minimum atomic E-state index is -0.771. The second-order valence-corrected chi connectivity index (χ2v) is 5.94. The zero-order valence-electron chi connectivity index (χ0n) is 12.5. The van der Waals surface area contributed by atoms with Crippen molar-refractivity contribution >= 4 is 5.91 Å². The lowest BCUT2D eigenvalue weighted by Gasteiger charge is -2.25. The molecule has 1 aliphatic rings. The first-order chi connectivity index (χ1) is 9.02. The van der Waals surface area contributed by atoms with Crippen LogP contribution in [-0.4, -0.2) is 37.0 Å². The number of carbonyl (C=O) groups is 1.